The van der Waals surface area contributed by atoms with Crippen LogP contribution in [0, 0.1) is 5.41 Å². The van der Waals surface area contributed by atoms with Crippen molar-refractivity contribution in [2.45, 2.75) is 6.42 Å². The van der Waals surface area contributed by atoms with Gasteiger partial charge >= 0.3 is 0 Å². The van der Waals surface area contributed by atoms with E-state index in [0.717, 1.165) is 6.42 Å². The normalized spacial score (nSPS) is 26.7. The zero-order chi connectivity index (χ0) is 6.91. The Bertz CT molecular complexity index is 138. The second kappa shape index (κ2) is 2.16. The molecule has 9 heavy (non-hydrogen) atoms. The SMILES string of the molecule is B/C=C1/CC1(CO)CO. The van der Waals surface area contributed by atoms with Crippen molar-refractivity contribution >= 4 is 7.85 Å². The molecule has 0 heterocycles. The van der Waals surface area contributed by atoms with E-state index in [4.69, 9.17) is 10.2 Å². The highest BCUT2D eigenvalue weighted by Crippen LogP contribution is 2.50. The smallest absolute Gasteiger partial charge is 0.129 e. The van der Waals surface area contributed by atoms with Crippen LogP contribution in [0.2, 0.25) is 0 Å². The second-order valence-electron chi connectivity index (χ2n) is 2.59. The molecule has 1 saturated carbocycles. The lowest BCUT2D eigenvalue weighted by Crippen LogP contribution is -2.11. The maximum absolute atomic E-state index is 8.76. The Hall–Kier alpha value is -0.275. The molecule has 1 aliphatic rings. The topological polar surface area (TPSA) is 40.5 Å². The van der Waals surface area contributed by atoms with Gasteiger partial charge in [0.1, 0.15) is 7.85 Å². The van der Waals surface area contributed by atoms with Crippen molar-refractivity contribution in [3.8, 4) is 0 Å². The largest absolute Gasteiger partial charge is 0.395 e. The highest BCUT2D eigenvalue weighted by atomic mass is 16.3. The van der Waals surface area contributed by atoms with Crippen LogP contribution >= 0.6 is 0 Å². The number of hydrogen-bond donors (Lipinski definition) is 2. The molecule has 1 aliphatic carbocycles. The van der Waals surface area contributed by atoms with E-state index in [1.807, 2.05) is 13.8 Å². The summed E-state index contributed by atoms with van der Waals surface area (Å²) in [6.07, 6.45) is 0.872. The molecule has 2 N–H and O–H groups in total. The van der Waals surface area contributed by atoms with Crippen LogP contribution in [0.5, 0.6) is 0 Å². The van der Waals surface area contributed by atoms with Gasteiger partial charge in [-0.2, -0.15) is 0 Å². The maximum Gasteiger partial charge on any atom is 0.129 e. The molecular formula is C6H11BO2. The average Bonchev–Trinajstić information content (AvgIpc) is 2.63. The molecule has 1 rings (SSSR count). The Labute approximate surface area is 55.6 Å². The first-order valence-corrected chi connectivity index (χ1v) is 3.16. The predicted molar refractivity (Wildman–Crippen MR) is 37.8 cm³/mol. The Morgan fingerprint density at radius 3 is 2.22 bits per heavy atom. The van der Waals surface area contributed by atoms with Crippen LogP contribution in [0.25, 0.3) is 0 Å². The molecule has 0 aromatic carbocycles. The Morgan fingerprint density at radius 2 is 2.11 bits per heavy atom. The number of rotatable bonds is 2. The molecule has 0 aliphatic heterocycles. The van der Waals surface area contributed by atoms with Crippen LogP contribution in [0.1, 0.15) is 6.42 Å². The zero-order valence-electron chi connectivity index (χ0n) is 5.59. The van der Waals surface area contributed by atoms with Gasteiger partial charge in [0.05, 0.1) is 13.2 Å². The summed E-state index contributed by atoms with van der Waals surface area (Å²) in [4.78, 5) is 0. The quantitative estimate of drug-likeness (QED) is 0.460. The third-order valence-corrected chi connectivity index (χ3v) is 2.04. The van der Waals surface area contributed by atoms with Crippen molar-refractivity contribution in [3.63, 3.8) is 0 Å². The van der Waals surface area contributed by atoms with Crippen molar-refractivity contribution in [2.24, 2.45) is 5.41 Å². The summed E-state index contributed by atoms with van der Waals surface area (Å²) >= 11 is 0. The predicted octanol–water partition coefficient (Wildman–Crippen LogP) is -1.12. The van der Waals surface area contributed by atoms with Gasteiger partial charge in [0.2, 0.25) is 0 Å². The van der Waals surface area contributed by atoms with Crippen LogP contribution in [0.3, 0.4) is 0 Å². The van der Waals surface area contributed by atoms with E-state index in [-0.39, 0.29) is 18.6 Å². The van der Waals surface area contributed by atoms with Crippen LogP contribution in [0.15, 0.2) is 11.5 Å². The van der Waals surface area contributed by atoms with E-state index in [0.29, 0.717) is 0 Å². The van der Waals surface area contributed by atoms with Crippen molar-refractivity contribution < 1.29 is 10.2 Å². The molecule has 0 unspecified atom stereocenters. The van der Waals surface area contributed by atoms with E-state index in [1.54, 1.807) is 0 Å². The number of aliphatic hydroxyl groups is 2. The molecule has 0 spiro atoms. The molecule has 50 valence electrons. The first-order valence-electron chi connectivity index (χ1n) is 3.16. The molecule has 0 saturated heterocycles. The molecule has 0 aromatic rings. The van der Waals surface area contributed by atoms with E-state index in [9.17, 15) is 0 Å². The van der Waals surface area contributed by atoms with Gasteiger partial charge in [0.25, 0.3) is 0 Å². The lowest BCUT2D eigenvalue weighted by atomic mass is 10.0. The molecule has 0 amide bonds. The summed E-state index contributed by atoms with van der Waals surface area (Å²) in [5, 5.41) is 17.5. The minimum atomic E-state index is -0.227. The lowest BCUT2D eigenvalue weighted by Gasteiger charge is -2.03. The summed E-state index contributed by atoms with van der Waals surface area (Å²) in [6, 6.07) is 0. The number of hydrogen-bond acceptors (Lipinski definition) is 2. The van der Waals surface area contributed by atoms with Gasteiger partial charge < -0.3 is 10.2 Å². The minimum absolute atomic E-state index is 0.0865. The third kappa shape index (κ3) is 0.905. The summed E-state index contributed by atoms with van der Waals surface area (Å²) < 4.78 is 0. The maximum atomic E-state index is 8.76. The monoisotopic (exact) mass is 126 g/mol. The highest BCUT2D eigenvalue weighted by Gasteiger charge is 2.46. The lowest BCUT2D eigenvalue weighted by molar-refractivity contribution is 0.143. The summed E-state index contributed by atoms with van der Waals surface area (Å²) in [5.74, 6) is 1.96. The fraction of sp³-hybridized carbons (Fsp3) is 0.667. The Balaban J connectivity index is 2.57. The molecule has 2 nitrogen and oxygen atoms in total. The number of aliphatic hydroxyl groups excluding tert-OH is 2. The van der Waals surface area contributed by atoms with E-state index in [2.05, 4.69) is 0 Å². The molecule has 0 bridgehead atoms. The minimum Gasteiger partial charge on any atom is -0.395 e. The van der Waals surface area contributed by atoms with Crippen molar-refractivity contribution in [3.05, 3.63) is 11.5 Å². The van der Waals surface area contributed by atoms with Crippen LogP contribution in [0.4, 0.5) is 0 Å². The van der Waals surface area contributed by atoms with E-state index < -0.39 is 0 Å². The van der Waals surface area contributed by atoms with E-state index in [1.165, 1.54) is 5.57 Å². The standard InChI is InChI=1S/C6H11BO2/c7-2-5-1-6(5,3-8)4-9/h2,8-9H,1,3-4,7H2/b5-2-. The van der Waals surface area contributed by atoms with Crippen molar-refractivity contribution in [2.75, 3.05) is 13.2 Å². The first kappa shape index (κ1) is 6.84. The Kier molecular flexibility index (Phi) is 1.64. The van der Waals surface area contributed by atoms with Gasteiger partial charge in [-0.3, -0.25) is 0 Å². The van der Waals surface area contributed by atoms with Gasteiger partial charge in [-0.25, -0.2) is 0 Å². The van der Waals surface area contributed by atoms with Crippen LogP contribution < -0.4 is 0 Å². The third-order valence-electron chi connectivity index (χ3n) is 2.04. The zero-order valence-corrected chi connectivity index (χ0v) is 5.59. The molecule has 3 heteroatoms. The summed E-state index contributed by atoms with van der Waals surface area (Å²) in [7, 11) is 1.93. The fourth-order valence-electron chi connectivity index (χ4n) is 1.09. The molecule has 0 atom stereocenters. The Morgan fingerprint density at radius 1 is 1.56 bits per heavy atom. The van der Waals surface area contributed by atoms with Gasteiger partial charge in [0, 0.05) is 5.41 Å². The molecule has 1 fully saturated rings. The van der Waals surface area contributed by atoms with Crippen molar-refractivity contribution in [1.29, 1.82) is 0 Å². The van der Waals surface area contributed by atoms with Gasteiger partial charge in [-0.05, 0) is 6.42 Å². The molecule has 0 radical (unpaired) electrons. The average molecular weight is 126 g/mol. The van der Waals surface area contributed by atoms with Crippen LogP contribution in [-0.2, 0) is 0 Å². The van der Waals surface area contributed by atoms with Crippen LogP contribution in [-0.4, -0.2) is 31.3 Å². The van der Waals surface area contributed by atoms with Gasteiger partial charge in [-0.1, -0.05) is 5.57 Å². The van der Waals surface area contributed by atoms with Crippen molar-refractivity contribution in [1.82, 2.24) is 0 Å². The van der Waals surface area contributed by atoms with E-state index >= 15 is 0 Å². The molecular weight excluding hydrogens is 115 g/mol. The summed E-state index contributed by atoms with van der Waals surface area (Å²) in [6.45, 7) is 0.173. The summed E-state index contributed by atoms with van der Waals surface area (Å²) in [5.41, 5.74) is 0.960. The second-order valence-corrected chi connectivity index (χ2v) is 2.59. The molecule has 0 aromatic heterocycles. The highest BCUT2D eigenvalue weighted by molar-refractivity contribution is 6.17. The fourth-order valence-corrected chi connectivity index (χ4v) is 1.09. The first-order chi connectivity index (χ1) is 4.29. The van der Waals surface area contributed by atoms with Gasteiger partial charge in [0.15, 0.2) is 0 Å². The van der Waals surface area contributed by atoms with Gasteiger partial charge in [-0.15, -0.1) is 5.98 Å².